The fourth-order valence-corrected chi connectivity index (χ4v) is 2.95. The zero-order valence-electron chi connectivity index (χ0n) is 15.2. The Morgan fingerprint density at radius 3 is 2.59 bits per heavy atom. The van der Waals surface area contributed by atoms with E-state index in [1.165, 1.54) is 31.1 Å². The molecular weight excluding hydrogens is 359 g/mol. The van der Waals surface area contributed by atoms with Crippen LogP contribution in [0.2, 0.25) is 0 Å². The van der Waals surface area contributed by atoms with E-state index in [1.54, 1.807) is 0 Å². The highest BCUT2D eigenvalue weighted by molar-refractivity contribution is 5.89. The van der Waals surface area contributed by atoms with Crippen LogP contribution in [-0.2, 0) is 15.8 Å². The molecule has 5 nitrogen and oxygen atoms in total. The van der Waals surface area contributed by atoms with Gasteiger partial charge in [0.05, 0.1) is 12.1 Å². The van der Waals surface area contributed by atoms with E-state index in [0.29, 0.717) is 6.54 Å². The lowest BCUT2D eigenvalue weighted by Crippen LogP contribution is -2.31. The summed E-state index contributed by atoms with van der Waals surface area (Å²) in [7, 11) is 0. The fraction of sp³-hybridized carbons (Fsp3) is 0.474. The van der Waals surface area contributed by atoms with E-state index in [2.05, 4.69) is 22.0 Å². The number of benzene rings is 1. The number of amides is 2. The van der Waals surface area contributed by atoms with E-state index in [-0.39, 0.29) is 23.8 Å². The summed E-state index contributed by atoms with van der Waals surface area (Å²) in [6, 6.07) is 3.40. The van der Waals surface area contributed by atoms with Crippen LogP contribution < -0.4 is 16.0 Å². The van der Waals surface area contributed by atoms with E-state index in [4.69, 9.17) is 0 Å². The van der Waals surface area contributed by atoms with Crippen molar-refractivity contribution in [3.8, 4) is 0 Å². The molecule has 2 amide bonds. The number of alkyl halides is 3. The maximum atomic E-state index is 13.2. The summed E-state index contributed by atoms with van der Waals surface area (Å²) in [5, 5.41) is 7.56. The van der Waals surface area contributed by atoms with Crippen molar-refractivity contribution < 1.29 is 22.8 Å². The van der Waals surface area contributed by atoms with Gasteiger partial charge in [-0.05, 0) is 50.3 Å². The molecule has 0 spiro atoms. The molecule has 0 aromatic heterocycles. The predicted molar refractivity (Wildman–Crippen MR) is 98.4 cm³/mol. The lowest BCUT2D eigenvalue weighted by atomic mass is 9.97. The van der Waals surface area contributed by atoms with Gasteiger partial charge >= 0.3 is 6.18 Å². The number of carbonyl (C=O) groups excluding carboxylic acids is 2. The largest absolute Gasteiger partial charge is 0.418 e. The maximum absolute atomic E-state index is 13.2. The second-order valence-corrected chi connectivity index (χ2v) is 6.50. The molecule has 0 unspecified atom stereocenters. The molecule has 148 valence electrons. The Hall–Kier alpha value is -2.51. The minimum atomic E-state index is -4.61. The minimum absolute atomic E-state index is 0.0468. The third kappa shape index (κ3) is 6.96. The average Bonchev–Trinajstić information content (AvgIpc) is 2.60. The Morgan fingerprint density at radius 2 is 1.96 bits per heavy atom. The molecule has 0 bridgehead atoms. The van der Waals surface area contributed by atoms with Gasteiger partial charge in [0.2, 0.25) is 11.8 Å². The van der Waals surface area contributed by atoms with Crippen LogP contribution in [0.1, 0.15) is 44.6 Å². The van der Waals surface area contributed by atoms with Gasteiger partial charge in [-0.15, -0.1) is 0 Å². The Labute approximate surface area is 156 Å². The van der Waals surface area contributed by atoms with E-state index in [1.807, 2.05) is 0 Å². The molecule has 0 aliphatic heterocycles. The molecule has 0 saturated heterocycles. The van der Waals surface area contributed by atoms with Gasteiger partial charge in [-0.1, -0.05) is 11.6 Å². The van der Waals surface area contributed by atoms with Crippen LogP contribution in [0.25, 0.3) is 0 Å². The Balaban J connectivity index is 1.90. The topological polar surface area (TPSA) is 70.2 Å². The van der Waals surface area contributed by atoms with Crippen LogP contribution in [0, 0.1) is 0 Å². The summed E-state index contributed by atoms with van der Waals surface area (Å²) in [5.41, 5.74) is 0.226. The Bertz CT molecular complexity index is 715. The summed E-state index contributed by atoms with van der Waals surface area (Å²) >= 11 is 0. The van der Waals surface area contributed by atoms with Crippen molar-refractivity contribution in [2.75, 3.05) is 23.7 Å². The Kier molecular flexibility index (Phi) is 7.27. The number of rotatable bonds is 7. The Morgan fingerprint density at radius 1 is 1.19 bits per heavy atom. The molecule has 1 aliphatic carbocycles. The maximum Gasteiger partial charge on any atom is 0.418 e. The van der Waals surface area contributed by atoms with Crippen molar-refractivity contribution in [2.45, 2.75) is 45.2 Å². The van der Waals surface area contributed by atoms with Gasteiger partial charge in [0.15, 0.2) is 0 Å². The van der Waals surface area contributed by atoms with Crippen molar-refractivity contribution in [3.05, 3.63) is 35.4 Å². The molecule has 2 rings (SSSR count). The molecule has 27 heavy (non-hydrogen) atoms. The minimum Gasteiger partial charge on any atom is -0.376 e. The van der Waals surface area contributed by atoms with E-state index in [0.717, 1.165) is 31.7 Å². The summed E-state index contributed by atoms with van der Waals surface area (Å²) in [6.07, 6.45) is 2.83. The molecule has 1 aliphatic rings. The van der Waals surface area contributed by atoms with Gasteiger partial charge in [0.1, 0.15) is 0 Å². The van der Waals surface area contributed by atoms with Gasteiger partial charge in [-0.25, -0.2) is 0 Å². The molecule has 1 aromatic rings. The predicted octanol–water partition coefficient (Wildman–Crippen LogP) is 4.08. The third-order valence-corrected chi connectivity index (χ3v) is 4.24. The van der Waals surface area contributed by atoms with E-state index in [9.17, 15) is 22.8 Å². The van der Waals surface area contributed by atoms with Crippen LogP contribution in [-0.4, -0.2) is 24.9 Å². The summed E-state index contributed by atoms with van der Waals surface area (Å²) in [5.74, 6) is -0.832. The number of anilines is 2. The van der Waals surface area contributed by atoms with Crippen molar-refractivity contribution in [1.29, 1.82) is 0 Å². The first-order chi connectivity index (χ1) is 12.8. The molecule has 1 aromatic carbocycles. The quantitative estimate of drug-likeness (QED) is 0.622. The average molecular weight is 383 g/mol. The van der Waals surface area contributed by atoms with Gasteiger partial charge in [-0.3, -0.25) is 9.59 Å². The smallest absolute Gasteiger partial charge is 0.376 e. The summed E-state index contributed by atoms with van der Waals surface area (Å²) < 4.78 is 39.7. The third-order valence-electron chi connectivity index (χ3n) is 4.24. The van der Waals surface area contributed by atoms with Crippen LogP contribution >= 0.6 is 0 Å². The van der Waals surface area contributed by atoms with Gasteiger partial charge in [0, 0.05) is 24.8 Å². The number of halogens is 3. The molecule has 0 fully saturated rings. The second-order valence-electron chi connectivity index (χ2n) is 6.50. The zero-order chi connectivity index (χ0) is 19.9. The van der Waals surface area contributed by atoms with Gasteiger partial charge < -0.3 is 16.0 Å². The number of allylic oxidation sites excluding steroid dienone is 1. The molecule has 0 heterocycles. The fourth-order valence-electron chi connectivity index (χ4n) is 2.95. The van der Waals surface area contributed by atoms with E-state index < -0.39 is 17.6 Å². The lowest BCUT2D eigenvalue weighted by Gasteiger charge is -2.16. The number of nitrogens with one attached hydrogen (secondary N) is 3. The first-order valence-corrected chi connectivity index (χ1v) is 8.93. The molecule has 8 heteroatoms. The first-order valence-electron chi connectivity index (χ1n) is 8.93. The second kappa shape index (κ2) is 9.43. The molecule has 0 saturated carbocycles. The monoisotopic (exact) mass is 383 g/mol. The summed E-state index contributed by atoms with van der Waals surface area (Å²) in [6.45, 7) is 1.43. The standard InChI is InChI=1S/C19H24F3N3O2/c1-13(26)25-15-7-8-17(16(11-15)19(20,21)22)24-12-18(27)23-10-9-14-5-3-2-4-6-14/h5,7-8,11,24H,2-4,6,9-10,12H2,1H3,(H,23,27)(H,25,26). The number of carbonyl (C=O) groups is 2. The van der Waals surface area contributed by atoms with Crippen molar-refractivity contribution in [3.63, 3.8) is 0 Å². The van der Waals surface area contributed by atoms with Gasteiger partial charge in [-0.2, -0.15) is 13.2 Å². The van der Waals surface area contributed by atoms with Gasteiger partial charge in [0.25, 0.3) is 0 Å². The number of hydrogen-bond acceptors (Lipinski definition) is 3. The van der Waals surface area contributed by atoms with Crippen LogP contribution in [0.4, 0.5) is 24.5 Å². The summed E-state index contributed by atoms with van der Waals surface area (Å²) in [4.78, 5) is 22.9. The highest BCUT2D eigenvalue weighted by atomic mass is 19.4. The number of hydrogen-bond donors (Lipinski definition) is 3. The highest BCUT2D eigenvalue weighted by Crippen LogP contribution is 2.36. The molecule has 0 atom stereocenters. The van der Waals surface area contributed by atoms with E-state index >= 15 is 0 Å². The molecule has 0 radical (unpaired) electrons. The highest BCUT2D eigenvalue weighted by Gasteiger charge is 2.34. The van der Waals surface area contributed by atoms with Crippen LogP contribution in [0.5, 0.6) is 0 Å². The first kappa shape index (κ1) is 20.8. The molecular formula is C19H24F3N3O2. The SMILES string of the molecule is CC(=O)Nc1ccc(NCC(=O)NCCC2=CCCCC2)c(C(F)(F)F)c1. The normalized spacial score (nSPS) is 14.3. The van der Waals surface area contributed by atoms with Crippen molar-refractivity contribution >= 4 is 23.2 Å². The lowest BCUT2D eigenvalue weighted by molar-refractivity contribution is -0.137. The zero-order valence-corrected chi connectivity index (χ0v) is 15.2. The van der Waals surface area contributed by atoms with Crippen LogP contribution in [0.15, 0.2) is 29.8 Å². The van der Waals surface area contributed by atoms with Crippen LogP contribution in [0.3, 0.4) is 0 Å². The van der Waals surface area contributed by atoms with Crippen molar-refractivity contribution in [1.82, 2.24) is 5.32 Å². The van der Waals surface area contributed by atoms with Crippen molar-refractivity contribution in [2.24, 2.45) is 0 Å². The molecule has 3 N–H and O–H groups in total.